The molecule has 1 aliphatic heterocycles. The van der Waals surface area contributed by atoms with Gasteiger partial charge in [0.2, 0.25) is 0 Å². The molecule has 114 valence electrons. The van der Waals surface area contributed by atoms with Crippen molar-refractivity contribution >= 4 is 11.9 Å². The topological polar surface area (TPSA) is 70.5 Å². The predicted octanol–water partition coefficient (Wildman–Crippen LogP) is 2.36. The molecular weight excluding hydrogens is 268 g/mol. The monoisotopic (exact) mass is 290 g/mol. The van der Waals surface area contributed by atoms with E-state index in [4.69, 9.17) is 5.11 Å². The van der Waals surface area contributed by atoms with Crippen LogP contribution in [-0.4, -0.2) is 40.0 Å². The van der Waals surface area contributed by atoms with E-state index in [9.17, 15) is 9.59 Å². The first-order chi connectivity index (χ1) is 10.1. The Morgan fingerprint density at radius 1 is 1.48 bits per heavy atom. The summed E-state index contributed by atoms with van der Waals surface area (Å²) in [5.41, 5.74) is 1.51. The summed E-state index contributed by atoms with van der Waals surface area (Å²) >= 11 is 0. The van der Waals surface area contributed by atoms with E-state index in [0.29, 0.717) is 18.7 Å². The first-order valence-electron chi connectivity index (χ1n) is 7.56. The van der Waals surface area contributed by atoms with Gasteiger partial charge in [0.1, 0.15) is 5.69 Å². The molecule has 2 heterocycles. The molecule has 1 fully saturated rings. The van der Waals surface area contributed by atoms with E-state index >= 15 is 0 Å². The van der Waals surface area contributed by atoms with Crippen LogP contribution in [0.3, 0.4) is 0 Å². The number of rotatable bonds is 5. The molecule has 0 saturated carbocycles. The van der Waals surface area contributed by atoms with Crippen LogP contribution in [0.15, 0.2) is 18.3 Å². The van der Waals surface area contributed by atoms with Crippen molar-refractivity contribution in [1.82, 2.24) is 9.88 Å². The van der Waals surface area contributed by atoms with Crippen molar-refractivity contribution in [3.8, 4) is 0 Å². The van der Waals surface area contributed by atoms with E-state index < -0.39 is 5.97 Å². The minimum absolute atomic E-state index is 0.0209. The quantitative estimate of drug-likeness (QED) is 0.903. The fourth-order valence-corrected chi connectivity index (χ4v) is 2.88. The van der Waals surface area contributed by atoms with Crippen molar-refractivity contribution in [2.45, 2.75) is 39.0 Å². The number of hydrogen-bond acceptors (Lipinski definition) is 3. The Morgan fingerprint density at radius 2 is 2.29 bits per heavy atom. The van der Waals surface area contributed by atoms with Gasteiger partial charge < -0.3 is 10.0 Å². The average Bonchev–Trinajstić information content (AvgIpc) is 2.52. The molecule has 1 N–H and O–H groups in total. The number of carboxylic acids is 1. The molecule has 5 nitrogen and oxygen atoms in total. The Morgan fingerprint density at radius 3 is 3.00 bits per heavy atom. The molecule has 1 aromatic rings. The van der Waals surface area contributed by atoms with E-state index in [0.717, 1.165) is 31.4 Å². The Balaban J connectivity index is 2.03. The van der Waals surface area contributed by atoms with E-state index in [-0.39, 0.29) is 18.2 Å². The average molecular weight is 290 g/mol. The zero-order valence-electron chi connectivity index (χ0n) is 12.4. The van der Waals surface area contributed by atoms with E-state index in [1.54, 1.807) is 6.20 Å². The minimum atomic E-state index is -0.767. The van der Waals surface area contributed by atoms with E-state index in [1.165, 1.54) is 0 Å². The number of likely N-dealkylation sites (tertiary alicyclic amines) is 1. The van der Waals surface area contributed by atoms with Gasteiger partial charge in [-0.15, -0.1) is 0 Å². The number of hydrogen-bond donors (Lipinski definition) is 1. The standard InChI is InChI=1S/C16H22N2O3/c1-2-13-6-3-9-17-15(13)16(21)18-10-4-5-12(11-18)7-8-14(19)20/h3,6,9,12H,2,4-5,7-8,10-11H2,1H3,(H,19,20). The largest absolute Gasteiger partial charge is 0.481 e. The molecule has 1 saturated heterocycles. The van der Waals surface area contributed by atoms with Crippen LogP contribution in [0.2, 0.25) is 0 Å². The summed E-state index contributed by atoms with van der Waals surface area (Å²) in [6, 6.07) is 3.79. The highest BCUT2D eigenvalue weighted by atomic mass is 16.4. The number of pyridine rings is 1. The van der Waals surface area contributed by atoms with Crippen LogP contribution in [0.1, 0.15) is 48.7 Å². The second-order valence-electron chi connectivity index (χ2n) is 5.56. The number of aromatic nitrogens is 1. The summed E-state index contributed by atoms with van der Waals surface area (Å²) in [5, 5.41) is 8.77. The Kier molecular flexibility index (Phi) is 5.31. The second-order valence-corrected chi connectivity index (χ2v) is 5.56. The summed E-state index contributed by atoms with van der Waals surface area (Å²) in [5.74, 6) is -0.503. The van der Waals surface area contributed by atoms with Gasteiger partial charge in [-0.25, -0.2) is 0 Å². The molecule has 1 unspecified atom stereocenters. The van der Waals surface area contributed by atoms with Crippen LogP contribution in [0, 0.1) is 5.92 Å². The van der Waals surface area contributed by atoms with Gasteiger partial charge in [-0.05, 0) is 43.2 Å². The summed E-state index contributed by atoms with van der Waals surface area (Å²) in [4.78, 5) is 29.4. The number of nitrogens with zero attached hydrogens (tertiary/aromatic N) is 2. The van der Waals surface area contributed by atoms with Crippen molar-refractivity contribution in [3.63, 3.8) is 0 Å². The molecule has 1 aromatic heterocycles. The third-order valence-corrected chi connectivity index (χ3v) is 4.05. The molecule has 1 atom stereocenters. The summed E-state index contributed by atoms with van der Waals surface area (Å²) in [7, 11) is 0. The van der Waals surface area contributed by atoms with Crippen LogP contribution in [0.25, 0.3) is 0 Å². The van der Waals surface area contributed by atoms with Gasteiger partial charge in [0.15, 0.2) is 0 Å². The van der Waals surface area contributed by atoms with Crippen molar-refractivity contribution in [3.05, 3.63) is 29.6 Å². The van der Waals surface area contributed by atoms with Gasteiger partial charge in [0.25, 0.3) is 5.91 Å². The summed E-state index contributed by atoms with van der Waals surface area (Å²) in [6.07, 6.45) is 5.19. The van der Waals surface area contributed by atoms with Gasteiger partial charge in [-0.3, -0.25) is 14.6 Å². The Hall–Kier alpha value is -1.91. The molecule has 0 aliphatic carbocycles. The zero-order valence-corrected chi connectivity index (χ0v) is 12.4. The van der Waals surface area contributed by atoms with Crippen LogP contribution in [-0.2, 0) is 11.2 Å². The molecule has 2 rings (SSSR count). The molecule has 0 spiro atoms. The maximum atomic E-state index is 12.6. The predicted molar refractivity (Wildman–Crippen MR) is 79.1 cm³/mol. The third-order valence-electron chi connectivity index (χ3n) is 4.05. The molecule has 1 amide bonds. The Labute approximate surface area is 125 Å². The van der Waals surface area contributed by atoms with Crippen molar-refractivity contribution in [2.24, 2.45) is 5.92 Å². The summed E-state index contributed by atoms with van der Waals surface area (Å²) < 4.78 is 0. The molecule has 21 heavy (non-hydrogen) atoms. The highest BCUT2D eigenvalue weighted by Gasteiger charge is 2.26. The third kappa shape index (κ3) is 4.03. The molecule has 1 aliphatic rings. The number of carbonyl (C=O) groups is 2. The number of amides is 1. The van der Waals surface area contributed by atoms with Crippen LogP contribution in [0.5, 0.6) is 0 Å². The van der Waals surface area contributed by atoms with E-state index in [1.807, 2.05) is 24.0 Å². The number of carbonyl (C=O) groups excluding carboxylic acids is 1. The molecule has 0 bridgehead atoms. The highest BCUT2D eigenvalue weighted by molar-refractivity contribution is 5.93. The minimum Gasteiger partial charge on any atom is -0.481 e. The molecule has 5 heteroatoms. The lowest BCUT2D eigenvalue weighted by Gasteiger charge is -2.32. The smallest absolute Gasteiger partial charge is 0.303 e. The lowest BCUT2D eigenvalue weighted by Crippen LogP contribution is -2.40. The normalized spacial score (nSPS) is 18.5. The lowest BCUT2D eigenvalue weighted by atomic mass is 9.93. The molecule has 0 aromatic carbocycles. The van der Waals surface area contributed by atoms with Gasteiger partial charge in [-0.1, -0.05) is 13.0 Å². The molecule has 0 radical (unpaired) electrons. The molecular formula is C16H22N2O3. The van der Waals surface area contributed by atoms with Crippen LogP contribution < -0.4 is 0 Å². The van der Waals surface area contributed by atoms with E-state index in [2.05, 4.69) is 4.98 Å². The van der Waals surface area contributed by atoms with Crippen molar-refractivity contribution in [1.29, 1.82) is 0 Å². The highest BCUT2D eigenvalue weighted by Crippen LogP contribution is 2.22. The fraction of sp³-hybridized carbons (Fsp3) is 0.562. The zero-order chi connectivity index (χ0) is 15.2. The van der Waals surface area contributed by atoms with Crippen molar-refractivity contribution < 1.29 is 14.7 Å². The number of carboxylic acid groups (broad SMARTS) is 1. The van der Waals surface area contributed by atoms with Gasteiger partial charge in [-0.2, -0.15) is 0 Å². The fourth-order valence-electron chi connectivity index (χ4n) is 2.88. The number of aryl methyl sites for hydroxylation is 1. The first-order valence-corrected chi connectivity index (χ1v) is 7.56. The van der Waals surface area contributed by atoms with Crippen molar-refractivity contribution in [2.75, 3.05) is 13.1 Å². The summed E-state index contributed by atoms with van der Waals surface area (Å²) in [6.45, 7) is 3.40. The van der Waals surface area contributed by atoms with Crippen LogP contribution >= 0.6 is 0 Å². The maximum Gasteiger partial charge on any atom is 0.303 e. The van der Waals surface area contributed by atoms with Gasteiger partial charge in [0, 0.05) is 25.7 Å². The maximum absolute atomic E-state index is 12.6. The number of piperidine rings is 1. The van der Waals surface area contributed by atoms with Crippen LogP contribution in [0.4, 0.5) is 0 Å². The van der Waals surface area contributed by atoms with Gasteiger partial charge >= 0.3 is 5.97 Å². The first kappa shape index (κ1) is 15.5. The number of aliphatic carboxylic acids is 1. The lowest BCUT2D eigenvalue weighted by molar-refractivity contribution is -0.137. The Bertz CT molecular complexity index is 516. The second kappa shape index (κ2) is 7.20. The van der Waals surface area contributed by atoms with Gasteiger partial charge in [0.05, 0.1) is 0 Å². The SMILES string of the molecule is CCc1cccnc1C(=O)N1CCCC(CCC(=O)O)C1.